The van der Waals surface area contributed by atoms with Gasteiger partial charge < -0.3 is 5.11 Å². The largest absolute Gasteiger partial charge is 0.480 e. The van der Waals surface area contributed by atoms with Gasteiger partial charge >= 0.3 is 5.97 Å². The Bertz CT molecular complexity index is 527. The van der Waals surface area contributed by atoms with E-state index in [-0.39, 0.29) is 23.5 Å². The van der Waals surface area contributed by atoms with Gasteiger partial charge in [-0.25, -0.2) is 8.42 Å². The van der Waals surface area contributed by atoms with E-state index in [4.69, 9.17) is 0 Å². The van der Waals surface area contributed by atoms with Crippen LogP contribution in [0.3, 0.4) is 0 Å². The van der Waals surface area contributed by atoms with Crippen LogP contribution in [0.25, 0.3) is 0 Å². The number of carbonyl (C=O) groups is 1. The third-order valence-electron chi connectivity index (χ3n) is 5.03. The molecule has 120 valence electrons. The molecule has 0 aromatic rings. The van der Waals surface area contributed by atoms with Crippen LogP contribution < -0.4 is 5.32 Å². The van der Waals surface area contributed by atoms with E-state index in [1.54, 1.807) is 0 Å². The molecule has 6 nitrogen and oxygen atoms in total. The standard InChI is InChI=1S/C14H24N2O4S/c1-16(12-6-7-21(19,20)8-12)9-14(13(17)18,10-2-3-10)15-11-4-5-11/h10-12,15H,2-9H2,1H3,(H,17,18). The summed E-state index contributed by atoms with van der Waals surface area (Å²) >= 11 is 0. The normalized spacial score (nSPS) is 31.2. The van der Waals surface area contributed by atoms with Gasteiger partial charge in [-0.05, 0) is 45.1 Å². The summed E-state index contributed by atoms with van der Waals surface area (Å²) < 4.78 is 23.2. The Morgan fingerprint density at radius 3 is 2.38 bits per heavy atom. The molecular weight excluding hydrogens is 292 g/mol. The highest BCUT2D eigenvalue weighted by atomic mass is 32.2. The van der Waals surface area contributed by atoms with Gasteiger partial charge in [0.2, 0.25) is 0 Å². The Morgan fingerprint density at radius 1 is 1.29 bits per heavy atom. The van der Waals surface area contributed by atoms with Crippen molar-refractivity contribution < 1.29 is 18.3 Å². The molecule has 2 atom stereocenters. The lowest BCUT2D eigenvalue weighted by molar-refractivity contribution is -0.147. The summed E-state index contributed by atoms with van der Waals surface area (Å²) in [4.78, 5) is 13.9. The Labute approximate surface area is 125 Å². The second-order valence-electron chi connectivity index (χ2n) is 6.94. The number of hydrogen-bond donors (Lipinski definition) is 2. The van der Waals surface area contributed by atoms with Crippen molar-refractivity contribution in [3.05, 3.63) is 0 Å². The number of nitrogens with one attached hydrogen (secondary N) is 1. The van der Waals surface area contributed by atoms with Crippen molar-refractivity contribution >= 4 is 15.8 Å². The van der Waals surface area contributed by atoms with E-state index in [0.717, 1.165) is 25.7 Å². The number of sulfone groups is 1. The van der Waals surface area contributed by atoms with Crippen LogP contribution in [-0.4, -0.2) is 67.1 Å². The number of aliphatic carboxylic acids is 1. The Balaban J connectivity index is 1.72. The van der Waals surface area contributed by atoms with Crippen molar-refractivity contribution in [1.82, 2.24) is 10.2 Å². The van der Waals surface area contributed by atoms with Crippen molar-refractivity contribution in [1.29, 1.82) is 0 Å². The maximum Gasteiger partial charge on any atom is 0.325 e. The van der Waals surface area contributed by atoms with E-state index in [1.807, 2.05) is 11.9 Å². The lowest BCUT2D eigenvalue weighted by Crippen LogP contribution is -2.62. The summed E-state index contributed by atoms with van der Waals surface area (Å²) in [6.07, 6.45) is 4.60. The quantitative estimate of drug-likeness (QED) is 0.692. The zero-order chi connectivity index (χ0) is 15.3. The molecule has 0 aromatic heterocycles. The Kier molecular flexibility index (Phi) is 3.78. The average molecular weight is 316 g/mol. The molecule has 2 aliphatic carbocycles. The van der Waals surface area contributed by atoms with Gasteiger partial charge in [0.1, 0.15) is 5.54 Å². The molecule has 0 amide bonds. The third kappa shape index (κ3) is 3.24. The number of carboxylic acids is 1. The van der Waals surface area contributed by atoms with E-state index in [2.05, 4.69) is 5.32 Å². The fourth-order valence-electron chi connectivity index (χ4n) is 3.41. The Hall–Kier alpha value is -0.660. The maximum atomic E-state index is 11.9. The smallest absolute Gasteiger partial charge is 0.325 e. The zero-order valence-electron chi connectivity index (χ0n) is 12.4. The number of hydrogen-bond acceptors (Lipinski definition) is 5. The van der Waals surface area contributed by atoms with Crippen LogP contribution >= 0.6 is 0 Å². The highest BCUT2D eigenvalue weighted by Gasteiger charge is 2.54. The highest BCUT2D eigenvalue weighted by molar-refractivity contribution is 7.91. The van der Waals surface area contributed by atoms with Gasteiger partial charge in [-0.1, -0.05) is 0 Å². The first-order chi connectivity index (χ1) is 9.82. The molecule has 0 radical (unpaired) electrons. The number of rotatable bonds is 7. The molecule has 21 heavy (non-hydrogen) atoms. The van der Waals surface area contributed by atoms with Gasteiger partial charge in [0, 0.05) is 18.6 Å². The number of likely N-dealkylation sites (N-methyl/N-ethyl adjacent to an activating group) is 1. The van der Waals surface area contributed by atoms with Crippen molar-refractivity contribution in [3.8, 4) is 0 Å². The molecule has 2 unspecified atom stereocenters. The third-order valence-corrected chi connectivity index (χ3v) is 6.78. The lowest BCUT2D eigenvalue weighted by atomic mass is 9.91. The van der Waals surface area contributed by atoms with Gasteiger partial charge in [-0.2, -0.15) is 0 Å². The van der Waals surface area contributed by atoms with Gasteiger partial charge in [-0.15, -0.1) is 0 Å². The number of nitrogens with zero attached hydrogens (tertiary/aromatic N) is 1. The predicted molar refractivity (Wildman–Crippen MR) is 78.9 cm³/mol. The first-order valence-electron chi connectivity index (χ1n) is 7.74. The summed E-state index contributed by atoms with van der Waals surface area (Å²) in [5.74, 6) is -0.227. The summed E-state index contributed by atoms with van der Waals surface area (Å²) in [5.41, 5.74) is -0.901. The molecule has 1 saturated heterocycles. The van der Waals surface area contributed by atoms with E-state index in [9.17, 15) is 18.3 Å². The first-order valence-corrected chi connectivity index (χ1v) is 9.56. The SMILES string of the molecule is CN(CC(NC1CC1)(C(=O)O)C1CC1)C1CCS(=O)(=O)C1. The average Bonchev–Trinajstić information content (AvgIpc) is 3.27. The van der Waals surface area contributed by atoms with Crippen LogP contribution in [0.2, 0.25) is 0 Å². The van der Waals surface area contributed by atoms with Crippen molar-refractivity contribution in [2.24, 2.45) is 5.92 Å². The fraction of sp³-hybridized carbons (Fsp3) is 0.929. The van der Waals surface area contributed by atoms with Crippen LogP contribution in [0.4, 0.5) is 0 Å². The maximum absolute atomic E-state index is 11.9. The summed E-state index contributed by atoms with van der Waals surface area (Å²) in [5, 5.41) is 13.1. The van der Waals surface area contributed by atoms with Crippen LogP contribution in [0.5, 0.6) is 0 Å². The number of carboxylic acid groups (broad SMARTS) is 1. The summed E-state index contributed by atoms with van der Waals surface area (Å²) in [6.45, 7) is 0.393. The van der Waals surface area contributed by atoms with Gasteiger partial charge in [-0.3, -0.25) is 15.0 Å². The molecule has 3 rings (SSSR count). The molecule has 0 aromatic carbocycles. The first kappa shape index (κ1) is 15.2. The molecule has 2 N–H and O–H groups in total. The predicted octanol–water partition coefficient (Wildman–Crippen LogP) is 0.0907. The second-order valence-corrected chi connectivity index (χ2v) is 9.17. The topological polar surface area (TPSA) is 86.7 Å². The van der Waals surface area contributed by atoms with Crippen molar-refractivity contribution in [3.63, 3.8) is 0 Å². The van der Waals surface area contributed by atoms with E-state index in [1.165, 1.54) is 0 Å². The lowest BCUT2D eigenvalue weighted by Gasteiger charge is -2.37. The molecule has 3 aliphatic rings. The minimum atomic E-state index is -2.94. The van der Waals surface area contributed by atoms with Crippen molar-refractivity contribution in [2.75, 3.05) is 25.1 Å². The molecule has 2 saturated carbocycles. The van der Waals surface area contributed by atoms with E-state index < -0.39 is 21.3 Å². The summed E-state index contributed by atoms with van der Waals surface area (Å²) in [6, 6.07) is 0.274. The van der Waals surface area contributed by atoms with E-state index >= 15 is 0 Å². The van der Waals surface area contributed by atoms with Crippen LogP contribution in [0.1, 0.15) is 32.1 Å². The second kappa shape index (κ2) is 5.21. The molecule has 3 fully saturated rings. The Morgan fingerprint density at radius 2 is 1.95 bits per heavy atom. The highest BCUT2D eigenvalue weighted by Crippen LogP contribution is 2.42. The molecule has 7 heteroatoms. The minimum Gasteiger partial charge on any atom is -0.480 e. The van der Waals surface area contributed by atoms with Crippen LogP contribution in [0.15, 0.2) is 0 Å². The monoisotopic (exact) mass is 316 g/mol. The molecular formula is C14H24N2O4S. The fourth-order valence-corrected chi connectivity index (χ4v) is 5.22. The zero-order valence-corrected chi connectivity index (χ0v) is 13.2. The van der Waals surface area contributed by atoms with Crippen molar-refractivity contribution in [2.45, 2.75) is 49.7 Å². The minimum absolute atomic E-state index is 0.0477. The molecule has 1 aliphatic heterocycles. The van der Waals surface area contributed by atoms with Crippen LogP contribution in [0, 0.1) is 5.92 Å². The molecule has 0 spiro atoms. The van der Waals surface area contributed by atoms with Gasteiger partial charge in [0.25, 0.3) is 0 Å². The van der Waals surface area contributed by atoms with Gasteiger partial charge in [0.15, 0.2) is 9.84 Å². The van der Waals surface area contributed by atoms with Crippen LogP contribution in [-0.2, 0) is 14.6 Å². The van der Waals surface area contributed by atoms with Gasteiger partial charge in [0.05, 0.1) is 11.5 Å². The molecule has 1 heterocycles. The molecule has 0 bridgehead atoms. The summed E-state index contributed by atoms with van der Waals surface area (Å²) in [7, 11) is -1.08. The van der Waals surface area contributed by atoms with E-state index in [0.29, 0.717) is 19.0 Å².